The summed E-state index contributed by atoms with van der Waals surface area (Å²) in [6.45, 7) is 2.06. The maximum Gasteiger partial charge on any atom is 0.407 e. The second-order valence-corrected chi connectivity index (χ2v) is 8.93. The molecule has 3 atom stereocenters. The second-order valence-electron chi connectivity index (χ2n) is 8.93. The minimum absolute atomic E-state index is 0.0495. The van der Waals surface area contributed by atoms with Crippen LogP contribution in [-0.2, 0) is 14.3 Å². The number of rotatable bonds is 7. The third-order valence-corrected chi connectivity index (χ3v) is 6.84. The van der Waals surface area contributed by atoms with Gasteiger partial charge in [-0.3, -0.25) is 9.59 Å². The average Bonchev–Trinajstić information content (AvgIpc) is 3.15. The third-order valence-electron chi connectivity index (χ3n) is 6.84. The Morgan fingerprint density at radius 2 is 1.61 bits per heavy atom. The van der Waals surface area contributed by atoms with Gasteiger partial charge in [0.25, 0.3) is 0 Å². The largest absolute Gasteiger partial charge is 0.481 e. The van der Waals surface area contributed by atoms with Crippen LogP contribution in [0.15, 0.2) is 48.5 Å². The number of ether oxygens (including phenoxy) is 1. The van der Waals surface area contributed by atoms with Gasteiger partial charge in [0.05, 0.1) is 5.92 Å². The highest BCUT2D eigenvalue weighted by atomic mass is 16.5. The van der Waals surface area contributed by atoms with Gasteiger partial charge in [0.2, 0.25) is 5.91 Å². The smallest absolute Gasteiger partial charge is 0.407 e. The van der Waals surface area contributed by atoms with Gasteiger partial charge >= 0.3 is 12.1 Å². The van der Waals surface area contributed by atoms with E-state index in [1.165, 1.54) is 0 Å². The zero-order valence-corrected chi connectivity index (χ0v) is 18.8. The summed E-state index contributed by atoms with van der Waals surface area (Å²) in [5.74, 6) is -1.71. The molecule has 0 aliphatic heterocycles. The molecule has 0 heterocycles. The molecule has 2 amide bonds. The minimum atomic E-state index is -0.807. The molecule has 7 nitrogen and oxygen atoms in total. The summed E-state index contributed by atoms with van der Waals surface area (Å²) in [7, 11) is 0. The molecule has 0 aromatic heterocycles. The van der Waals surface area contributed by atoms with Gasteiger partial charge in [-0.15, -0.1) is 0 Å². The molecular weight excluding hydrogens is 420 g/mol. The molecule has 1 fully saturated rings. The van der Waals surface area contributed by atoms with Crippen LogP contribution in [0.2, 0.25) is 0 Å². The van der Waals surface area contributed by atoms with Crippen molar-refractivity contribution in [2.75, 3.05) is 13.2 Å². The van der Waals surface area contributed by atoms with Gasteiger partial charge in [-0.1, -0.05) is 61.4 Å². The van der Waals surface area contributed by atoms with Crippen molar-refractivity contribution >= 4 is 18.0 Å². The summed E-state index contributed by atoms with van der Waals surface area (Å²) >= 11 is 0. The van der Waals surface area contributed by atoms with E-state index in [1.54, 1.807) is 6.92 Å². The van der Waals surface area contributed by atoms with Crippen LogP contribution < -0.4 is 10.6 Å². The number of carboxylic acid groups (broad SMARTS) is 1. The average molecular weight is 451 g/mol. The van der Waals surface area contributed by atoms with Crippen molar-refractivity contribution in [3.63, 3.8) is 0 Å². The number of hydrogen-bond donors (Lipinski definition) is 3. The maximum atomic E-state index is 12.5. The van der Waals surface area contributed by atoms with E-state index in [0.29, 0.717) is 13.0 Å². The Morgan fingerprint density at radius 3 is 2.24 bits per heavy atom. The van der Waals surface area contributed by atoms with Gasteiger partial charge in [0.15, 0.2) is 0 Å². The van der Waals surface area contributed by atoms with Crippen molar-refractivity contribution in [1.29, 1.82) is 0 Å². The van der Waals surface area contributed by atoms with Crippen LogP contribution in [-0.4, -0.2) is 42.3 Å². The fourth-order valence-electron chi connectivity index (χ4n) is 5.04. The summed E-state index contributed by atoms with van der Waals surface area (Å²) in [5.41, 5.74) is 4.55. The molecule has 2 aromatic carbocycles. The van der Waals surface area contributed by atoms with Crippen molar-refractivity contribution in [3.8, 4) is 11.1 Å². The molecule has 33 heavy (non-hydrogen) atoms. The summed E-state index contributed by atoms with van der Waals surface area (Å²) in [6.07, 6.45) is 2.65. The molecule has 0 bridgehead atoms. The van der Waals surface area contributed by atoms with E-state index in [1.807, 2.05) is 36.4 Å². The minimum Gasteiger partial charge on any atom is -0.481 e. The van der Waals surface area contributed by atoms with Gasteiger partial charge in [-0.2, -0.15) is 0 Å². The number of fused-ring (bicyclic) bond motifs is 3. The highest BCUT2D eigenvalue weighted by Crippen LogP contribution is 2.44. The first kappa shape index (κ1) is 22.8. The van der Waals surface area contributed by atoms with Gasteiger partial charge in [-0.25, -0.2) is 4.79 Å². The van der Waals surface area contributed by atoms with Crippen molar-refractivity contribution < 1.29 is 24.2 Å². The van der Waals surface area contributed by atoms with E-state index < -0.39 is 24.0 Å². The molecular formula is C26H30N2O5. The summed E-state index contributed by atoms with van der Waals surface area (Å²) < 4.78 is 5.50. The number of benzene rings is 2. The van der Waals surface area contributed by atoms with E-state index in [9.17, 15) is 19.5 Å². The van der Waals surface area contributed by atoms with Crippen LogP contribution >= 0.6 is 0 Å². The van der Waals surface area contributed by atoms with Crippen LogP contribution in [0, 0.1) is 11.8 Å². The van der Waals surface area contributed by atoms with Crippen LogP contribution in [0.5, 0.6) is 0 Å². The lowest BCUT2D eigenvalue weighted by molar-refractivity contribution is -0.145. The van der Waals surface area contributed by atoms with Crippen molar-refractivity contribution in [3.05, 3.63) is 59.7 Å². The summed E-state index contributed by atoms with van der Waals surface area (Å²) in [4.78, 5) is 36.3. The Balaban J connectivity index is 1.28. The quantitative estimate of drug-likeness (QED) is 0.593. The van der Waals surface area contributed by atoms with E-state index in [4.69, 9.17) is 4.74 Å². The van der Waals surface area contributed by atoms with Crippen molar-refractivity contribution in [2.24, 2.45) is 11.8 Å². The Hall–Kier alpha value is -3.35. The third kappa shape index (κ3) is 5.02. The number of carboxylic acids is 1. The fourth-order valence-corrected chi connectivity index (χ4v) is 5.04. The lowest BCUT2D eigenvalue weighted by Crippen LogP contribution is -2.47. The lowest BCUT2D eigenvalue weighted by Gasteiger charge is -2.29. The van der Waals surface area contributed by atoms with Crippen LogP contribution in [0.25, 0.3) is 11.1 Å². The molecule has 0 unspecified atom stereocenters. The summed E-state index contributed by atoms with van der Waals surface area (Å²) in [6, 6.07) is 15.4. The highest BCUT2D eigenvalue weighted by molar-refractivity contribution is 5.85. The number of aliphatic carboxylic acids is 1. The van der Waals surface area contributed by atoms with Gasteiger partial charge in [0.1, 0.15) is 12.6 Å². The van der Waals surface area contributed by atoms with E-state index in [2.05, 4.69) is 22.8 Å². The molecule has 2 aromatic rings. The molecule has 7 heteroatoms. The van der Waals surface area contributed by atoms with Crippen molar-refractivity contribution in [1.82, 2.24) is 10.6 Å². The molecule has 4 rings (SSSR count). The zero-order valence-electron chi connectivity index (χ0n) is 18.8. The normalized spacial score (nSPS) is 20.3. The first-order valence-corrected chi connectivity index (χ1v) is 11.6. The predicted octanol–water partition coefficient (Wildman–Crippen LogP) is 3.92. The van der Waals surface area contributed by atoms with E-state index in [0.717, 1.165) is 41.5 Å². The topological polar surface area (TPSA) is 105 Å². The summed E-state index contributed by atoms with van der Waals surface area (Å²) in [5, 5.41) is 14.8. The van der Waals surface area contributed by atoms with E-state index >= 15 is 0 Å². The molecule has 0 spiro atoms. The zero-order chi connectivity index (χ0) is 23.4. The molecule has 2 aliphatic rings. The molecule has 1 saturated carbocycles. The number of hydrogen-bond acceptors (Lipinski definition) is 4. The highest BCUT2D eigenvalue weighted by Gasteiger charge is 2.32. The SMILES string of the molecule is C[C@@H](NC(=O)OCC1c2ccccc2-c2ccccc21)C(=O)NC[C@@H]1CCCC[C@@H]1C(=O)O. The van der Waals surface area contributed by atoms with Crippen LogP contribution in [0.4, 0.5) is 4.79 Å². The monoisotopic (exact) mass is 450 g/mol. The standard InChI is InChI=1S/C26H30N2O5/c1-16(24(29)27-14-17-8-2-3-9-18(17)25(30)31)28-26(32)33-15-23-21-12-6-4-10-19(21)20-11-5-7-13-22(20)23/h4-7,10-13,16-18,23H,2-3,8-9,14-15H2,1H3,(H,27,29)(H,28,32)(H,30,31)/t16-,17+,18+/m1/s1. The Morgan fingerprint density at radius 1 is 1.00 bits per heavy atom. The molecule has 174 valence electrons. The number of amides is 2. The van der Waals surface area contributed by atoms with Crippen LogP contribution in [0.1, 0.15) is 49.7 Å². The first-order chi connectivity index (χ1) is 16.0. The van der Waals surface area contributed by atoms with Gasteiger partial charge < -0.3 is 20.5 Å². The molecule has 3 N–H and O–H groups in total. The van der Waals surface area contributed by atoms with Crippen LogP contribution in [0.3, 0.4) is 0 Å². The number of alkyl carbamates (subject to hydrolysis) is 1. The molecule has 2 aliphatic carbocycles. The first-order valence-electron chi connectivity index (χ1n) is 11.6. The molecule has 0 saturated heterocycles. The number of carbonyl (C=O) groups excluding carboxylic acids is 2. The Labute approximate surface area is 193 Å². The number of carbonyl (C=O) groups is 3. The predicted molar refractivity (Wildman–Crippen MR) is 124 cm³/mol. The van der Waals surface area contributed by atoms with E-state index in [-0.39, 0.29) is 24.3 Å². The second kappa shape index (κ2) is 10.1. The Bertz CT molecular complexity index is 991. The van der Waals surface area contributed by atoms with Crippen molar-refractivity contribution in [2.45, 2.75) is 44.6 Å². The lowest BCUT2D eigenvalue weighted by atomic mass is 9.79. The van der Waals surface area contributed by atoms with Gasteiger partial charge in [-0.05, 0) is 47.9 Å². The number of nitrogens with one attached hydrogen (secondary N) is 2. The fraction of sp³-hybridized carbons (Fsp3) is 0.423. The molecule has 0 radical (unpaired) electrons. The Kier molecular flexibility index (Phi) is 6.96. The van der Waals surface area contributed by atoms with Gasteiger partial charge in [0, 0.05) is 12.5 Å². The maximum absolute atomic E-state index is 12.5.